The maximum absolute atomic E-state index is 13.2. The van der Waals surface area contributed by atoms with Crippen LogP contribution in [0.5, 0.6) is 0 Å². The van der Waals surface area contributed by atoms with E-state index in [9.17, 15) is 18.0 Å². The SMILES string of the molecule is CCCNC(=O)N1CCN(c2ccc(Cl)cc2C(F)(F)F)CC1. The van der Waals surface area contributed by atoms with Crippen molar-refractivity contribution in [1.82, 2.24) is 10.2 Å². The summed E-state index contributed by atoms with van der Waals surface area (Å²) < 4.78 is 39.5. The first kappa shape index (κ1) is 17.7. The van der Waals surface area contributed by atoms with E-state index in [1.165, 1.54) is 12.1 Å². The fraction of sp³-hybridized carbons (Fsp3) is 0.533. The summed E-state index contributed by atoms with van der Waals surface area (Å²) in [7, 11) is 0. The van der Waals surface area contributed by atoms with Gasteiger partial charge in [0.25, 0.3) is 0 Å². The molecule has 1 aromatic rings. The van der Waals surface area contributed by atoms with E-state index in [1.807, 2.05) is 6.92 Å². The molecule has 1 fully saturated rings. The van der Waals surface area contributed by atoms with Crippen LogP contribution >= 0.6 is 11.6 Å². The number of rotatable bonds is 3. The van der Waals surface area contributed by atoms with Gasteiger partial charge < -0.3 is 15.1 Å². The maximum atomic E-state index is 13.2. The van der Waals surface area contributed by atoms with Gasteiger partial charge in [-0.15, -0.1) is 0 Å². The number of urea groups is 1. The largest absolute Gasteiger partial charge is 0.418 e. The minimum absolute atomic E-state index is 0.0543. The van der Waals surface area contributed by atoms with Crippen molar-refractivity contribution in [1.29, 1.82) is 0 Å². The quantitative estimate of drug-likeness (QED) is 0.905. The molecule has 128 valence electrons. The van der Waals surface area contributed by atoms with E-state index in [4.69, 9.17) is 11.6 Å². The van der Waals surface area contributed by atoms with Crippen molar-refractivity contribution in [2.45, 2.75) is 19.5 Å². The number of alkyl halides is 3. The van der Waals surface area contributed by atoms with Crippen molar-refractivity contribution in [2.75, 3.05) is 37.6 Å². The second-order valence-electron chi connectivity index (χ2n) is 5.37. The number of benzene rings is 1. The first-order chi connectivity index (χ1) is 10.8. The van der Waals surface area contributed by atoms with E-state index in [0.29, 0.717) is 32.7 Å². The molecule has 1 saturated heterocycles. The van der Waals surface area contributed by atoms with E-state index < -0.39 is 11.7 Å². The van der Waals surface area contributed by atoms with Crippen molar-refractivity contribution < 1.29 is 18.0 Å². The van der Waals surface area contributed by atoms with Gasteiger partial charge in [-0.3, -0.25) is 0 Å². The van der Waals surface area contributed by atoms with E-state index in [2.05, 4.69) is 5.32 Å². The molecule has 0 unspecified atom stereocenters. The molecule has 2 amide bonds. The van der Waals surface area contributed by atoms with Crippen LogP contribution in [-0.4, -0.2) is 43.7 Å². The highest BCUT2D eigenvalue weighted by molar-refractivity contribution is 6.30. The monoisotopic (exact) mass is 349 g/mol. The molecule has 1 aromatic carbocycles. The summed E-state index contributed by atoms with van der Waals surface area (Å²) in [5, 5.41) is 2.83. The third-order valence-electron chi connectivity index (χ3n) is 3.70. The summed E-state index contributed by atoms with van der Waals surface area (Å²) in [6.45, 7) is 4.02. The molecule has 0 bridgehead atoms. The Balaban J connectivity index is 2.07. The Bertz CT molecular complexity index is 557. The molecule has 1 aliphatic rings. The lowest BCUT2D eigenvalue weighted by Crippen LogP contribution is -2.52. The van der Waals surface area contributed by atoms with Crippen LogP contribution in [-0.2, 0) is 6.18 Å². The second kappa shape index (κ2) is 7.29. The lowest BCUT2D eigenvalue weighted by atomic mass is 10.1. The van der Waals surface area contributed by atoms with Crippen molar-refractivity contribution in [3.8, 4) is 0 Å². The molecule has 8 heteroatoms. The lowest BCUT2D eigenvalue weighted by Gasteiger charge is -2.37. The number of carbonyl (C=O) groups excluding carboxylic acids is 1. The summed E-state index contributed by atoms with van der Waals surface area (Å²) in [4.78, 5) is 15.1. The number of amides is 2. The molecule has 1 heterocycles. The highest BCUT2D eigenvalue weighted by atomic mass is 35.5. The van der Waals surface area contributed by atoms with E-state index >= 15 is 0 Å². The number of carbonyl (C=O) groups is 1. The number of piperazine rings is 1. The topological polar surface area (TPSA) is 35.6 Å². The zero-order chi connectivity index (χ0) is 17.0. The zero-order valence-electron chi connectivity index (χ0n) is 12.8. The minimum atomic E-state index is -4.46. The summed E-state index contributed by atoms with van der Waals surface area (Å²) >= 11 is 5.70. The minimum Gasteiger partial charge on any atom is -0.367 e. The molecule has 0 atom stereocenters. The molecule has 0 spiro atoms. The molecule has 4 nitrogen and oxygen atoms in total. The number of halogens is 4. The third-order valence-corrected chi connectivity index (χ3v) is 3.93. The number of hydrogen-bond acceptors (Lipinski definition) is 2. The predicted octanol–water partition coefficient (Wildman–Crippen LogP) is 3.60. The van der Waals surface area contributed by atoms with Gasteiger partial charge >= 0.3 is 12.2 Å². The summed E-state index contributed by atoms with van der Waals surface area (Å²) in [6, 6.07) is 3.61. The van der Waals surface area contributed by atoms with Crippen LogP contribution in [0.4, 0.5) is 23.7 Å². The Kier molecular flexibility index (Phi) is 5.62. The molecular weight excluding hydrogens is 331 g/mol. The molecule has 0 saturated carbocycles. The van der Waals surface area contributed by atoms with Gasteiger partial charge in [-0.05, 0) is 24.6 Å². The summed E-state index contributed by atoms with van der Waals surface area (Å²) in [5.41, 5.74) is -0.635. The smallest absolute Gasteiger partial charge is 0.367 e. The normalized spacial score (nSPS) is 15.7. The summed E-state index contributed by atoms with van der Waals surface area (Å²) in [6.07, 6.45) is -3.62. The van der Waals surface area contributed by atoms with Crippen molar-refractivity contribution in [3.63, 3.8) is 0 Å². The Morgan fingerprint density at radius 1 is 1.26 bits per heavy atom. The Hall–Kier alpha value is -1.63. The Morgan fingerprint density at radius 3 is 2.48 bits per heavy atom. The lowest BCUT2D eigenvalue weighted by molar-refractivity contribution is -0.137. The number of hydrogen-bond donors (Lipinski definition) is 1. The number of nitrogens with zero attached hydrogens (tertiary/aromatic N) is 2. The first-order valence-corrected chi connectivity index (χ1v) is 7.85. The molecular formula is C15H19ClF3N3O. The molecule has 1 N–H and O–H groups in total. The van der Waals surface area contributed by atoms with Crippen LogP contribution in [0.25, 0.3) is 0 Å². The Labute approximate surface area is 138 Å². The van der Waals surface area contributed by atoms with E-state index in [-0.39, 0.29) is 16.7 Å². The van der Waals surface area contributed by atoms with Gasteiger partial charge in [0.05, 0.1) is 5.56 Å². The average Bonchev–Trinajstić information content (AvgIpc) is 2.52. The zero-order valence-corrected chi connectivity index (χ0v) is 13.5. The van der Waals surface area contributed by atoms with E-state index in [0.717, 1.165) is 12.5 Å². The fourth-order valence-corrected chi connectivity index (χ4v) is 2.68. The molecule has 0 aliphatic carbocycles. The van der Waals surface area contributed by atoms with Gasteiger partial charge in [-0.2, -0.15) is 13.2 Å². The van der Waals surface area contributed by atoms with Gasteiger partial charge in [0.15, 0.2) is 0 Å². The fourth-order valence-electron chi connectivity index (χ4n) is 2.51. The van der Waals surface area contributed by atoms with E-state index in [1.54, 1.807) is 9.80 Å². The number of anilines is 1. The van der Waals surface area contributed by atoms with Crippen molar-refractivity contribution >= 4 is 23.3 Å². The highest BCUT2D eigenvalue weighted by Gasteiger charge is 2.36. The molecule has 2 rings (SSSR count). The van der Waals surface area contributed by atoms with Gasteiger partial charge in [-0.25, -0.2) is 4.79 Å². The van der Waals surface area contributed by atoms with Crippen LogP contribution in [0, 0.1) is 0 Å². The van der Waals surface area contributed by atoms with Crippen LogP contribution < -0.4 is 10.2 Å². The first-order valence-electron chi connectivity index (χ1n) is 7.47. The molecule has 23 heavy (non-hydrogen) atoms. The second-order valence-corrected chi connectivity index (χ2v) is 5.80. The number of nitrogens with one attached hydrogen (secondary N) is 1. The van der Waals surface area contributed by atoms with Crippen molar-refractivity contribution in [3.05, 3.63) is 28.8 Å². The van der Waals surface area contributed by atoms with Gasteiger partial charge in [0.1, 0.15) is 0 Å². The Morgan fingerprint density at radius 2 is 1.91 bits per heavy atom. The van der Waals surface area contributed by atoms with Gasteiger partial charge in [-0.1, -0.05) is 18.5 Å². The maximum Gasteiger partial charge on any atom is 0.418 e. The molecule has 0 aromatic heterocycles. The van der Waals surface area contributed by atoms with Gasteiger partial charge in [0.2, 0.25) is 0 Å². The van der Waals surface area contributed by atoms with Crippen LogP contribution in [0.2, 0.25) is 5.02 Å². The molecule has 1 aliphatic heterocycles. The molecule has 0 radical (unpaired) electrons. The predicted molar refractivity (Wildman–Crippen MR) is 83.9 cm³/mol. The van der Waals surface area contributed by atoms with Crippen LogP contribution in [0.15, 0.2) is 18.2 Å². The average molecular weight is 350 g/mol. The van der Waals surface area contributed by atoms with Crippen molar-refractivity contribution in [2.24, 2.45) is 0 Å². The highest BCUT2D eigenvalue weighted by Crippen LogP contribution is 2.38. The standard InChI is InChI=1S/C15H19ClF3N3O/c1-2-5-20-14(23)22-8-6-21(7-9-22)13-4-3-11(16)10-12(13)15(17,18)19/h3-4,10H,2,5-9H2,1H3,(H,20,23). The third kappa shape index (κ3) is 4.43. The van der Waals surface area contributed by atoms with Crippen LogP contribution in [0.3, 0.4) is 0 Å². The van der Waals surface area contributed by atoms with Crippen LogP contribution in [0.1, 0.15) is 18.9 Å². The summed E-state index contributed by atoms with van der Waals surface area (Å²) in [5.74, 6) is 0. The van der Waals surface area contributed by atoms with Gasteiger partial charge in [0, 0.05) is 43.4 Å².